The quantitative estimate of drug-likeness (QED) is 0.476. The summed E-state index contributed by atoms with van der Waals surface area (Å²) in [5.74, 6) is -0.831. The number of nitrogens with one attached hydrogen (secondary N) is 2. The molecule has 2 aromatic carbocycles. The average Bonchev–Trinajstić information content (AvgIpc) is 2.94. The van der Waals surface area contributed by atoms with Gasteiger partial charge in [0.05, 0.1) is 25.3 Å². The summed E-state index contributed by atoms with van der Waals surface area (Å²) in [5, 5.41) is 26.1. The van der Waals surface area contributed by atoms with Crippen molar-refractivity contribution >= 4 is 11.8 Å². The highest BCUT2D eigenvalue weighted by Gasteiger charge is 2.50. The number of aliphatic hydroxyl groups is 2. The number of benzene rings is 2. The van der Waals surface area contributed by atoms with Crippen LogP contribution in [0.15, 0.2) is 48.5 Å². The molecule has 0 fully saturated rings. The van der Waals surface area contributed by atoms with Crippen LogP contribution in [0.5, 0.6) is 0 Å². The van der Waals surface area contributed by atoms with Gasteiger partial charge in [-0.25, -0.2) is 0 Å². The zero-order valence-corrected chi connectivity index (χ0v) is 21.8. The monoisotopic (exact) mass is 480 g/mol. The Morgan fingerprint density at radius 1 is 0.743 bits per heavy atom. The Morgan fingerprint density at radius 3 is 1.40 bits per heavy atom. The number of rotatable bonds is 6. The van der Waals surface area contributed by atoms with Gasteiger partial charge < -0.3 is 20.8 Å². The first-order valence-electron chi connectivity index (χ1n) is 12.3. The summed E-state index contributed by atoms with van der Waals surface area (Å²) in [5.41, 5.74) is 1.58. The van der Waals surface area contributed by atoms with Gasteiger partial charge in [-0.3, -0.25) is 9.59 Å². The zero-order chi connectivity index (χ0) is 26.0. The maximum atomic E-state index is 14.1. The standard InChI is InChI=1S/C29H40N2O4/c1-27(2,3)23(17-32)30-25(34)29(26(35)31-24(18-33)28(4,5)6)15-19-11-7-9-13-21(19)22-14-10-8-12-20(22)16-29/h7-14,23-24,32-33H,15-18H2,1-6H3,(H,30,34)(H,31,35). The molecule has 0 spiro atoms. The third kappa shape index (κ3) is 5.60. The first-order chi connectivity index (χ1) is 16.3. The Hall–Kier alpha value is -2.70. The van der Waals surface area contributed by atoms with E-state index in [1.54, 1.807) is 0 Å². The Kier molecular flexibility index (Phi) is 7.77. The summed E-state index contributed by atoms with van der Waals surface area (Å²) in [4.78, 5) is 28.2. The highest BCUT2D eigenvalue weighted by Crippen LogP contribution is 2.41. The van der Waals surface area contributed by atoms with Crippen molar-refractivity contribution in [3.05, 3.63) is 59.7 Å². The fraction of sp³-hybridized carbons (Fsp3) is 0.517. The summed E-state index contributed by atoms with van der Waals surface area (Å²) in [6, 6.07) is 14.7. The molecule has 35 heavy (non-hydrogen) atoms. The van der Waals surface area contributed by atoms with Crippen LogP contribution in [0.2, 0.25) is 0 Å². The third-order valence-electron chi connectivity index (χ3n) is 7.25. The molecule has 6 heteroatoms. The van der Waals surface area contributed by atoms with Crippen LogP contribution in [0, 0.1) is 16.2 Å². The number of carbonyl (C=O) groups excluding carboxylic acids is 2. The molecule has 2 atom stereocenters. The predicted octanol–water partition coefficient (Wildman–Crippen LogP) is 3.49. The summed E-state index contributed by atoms with van der Waals surface area (Å²) >= 11 is 0. The van der Waals surface area contributed by atoms with Crippen LogP contribution in [-0.4, -0.2) is 47.3 Å². The molecule has 0 radical (unpaired) electrons. The van der Waals surface area contributed by atoms with E-state index in [1.807, 2.05) is 90.1 Å². The lowest BCUT2D eigenvalue weighted by Crippen LogP contribution is -2.60. The van der Waals surface area contributed by atoms with Crippen LogP contribution >= 0.6 is 0 Å². The fourth-order valence-electron chi connectivity index (χ4n) is 4.68. The van der Waals surface area contributed by atoms with Gasteiger partial charge >= 0.3 is 0 Å². The van der Waals surface area contributed by atoms with Gasteiger partial charge in [0.1, 0.15) is 5.41 Å². The van der Waals surface area contributed by atoms with E-state index in [0.717, 1.165) is 22.3 Å². The van der Waals surface area contributed by atoms with Crippen LogP contribution in [-0.2, 0) is 22.4 Å². The second-order valence-corrected chi connectivity index (χ2v) is 11.9. The Bertz CT molecular complexity index is 979. The third-order valence-corrected chi connectivity index (χ3v) is 7.25. The second-order valence-electron chi connectivity index (χ2n) is 11.9. The molecule has 3 rings (SSSR count). The predicted molar refractivity (Wildman–Crippen MR) is 139 cm³/mol. The van der Waals surface area contributed by atoms with E-state index in [4.69, 9.17) is 0 Å². The molecule has 190 valence electrons. The second kappa shape index (κ2) is 10.1. The molecule has 2 aromatic rings. The fourth-order valence-corrected chi connectivity index (χ4v) is 4.68. The molecule has 0 aromatic heterocycles. The van der Waals surface area contributed by atoms with Gasteiger partial charge in [-0.05, 0) is 45.9 Å². The molecule has 2 amide bonds. The van der Waals surface area contributed by atoms with E-state index in [0.29, 0.717) is 0 Å². The number of aliphatic hydroxyl groups excluding tert-OH is 2. The van der Waals surface area contributed by atoms with Crippen molar-refractivity contribution in [1.29, 1.82) is 0 Å². The number of hydrogen-bond acceptors (Lipinski definition) is 4. The highest BCUT2D eigenvalue weighted by atomic mass is 16.3. The van der Waals surface area contributed by atoms with Crippen molar-refractivity contribution in [2.45, 2.75) is 66.5 Å². The molecule has 6 nitrogen and oxygen atoms in total. The van der Waals surface area contributed by atoms with Crippen molar-refractivity contribution in [2.75, 3.05) is 13.2 Å². The largest absolute Gasteiger partial charge is 0.394 e. The number of carbonyl (C=O) groups is 2. The van der Waals surface area contributed by atoms with Gasteiger partial charge in [-0.1, -0.05) is 90.1 Å². The van der Waals surface area contributed by atoms with E-state index in [2.05, 4.69) is 10.6 Å². The molecule has 0 aliphatic heterocycles. The summed E-state index contributed by atoms with van der Waals surface area (Å²) in [7, 11) is 0. The molecule has 0 heterocycles. The number of fused-ring (bicyclic) bond motifs is 3. The molecule has 1 aliphatic rings. The molecule has 0 saturated carbocycles. The van der Waals surface area contributed by atoms with E-state index in [1.165, 1.54) is 0 Å². The first kappa shape index (κ1) is 26.9. The molecule has 0 saturated heterocycles. The van der Waals surface area contributed by atoms with E-state index in [-0.39, 0.29) is 26.1 Å². The maximum absolute atomic E-state index is 14.1. The van der Waals surface area contributed by atoms with Gasteiger partial charge in [0.2, 0.25) is 11.8 Å². The van der Waals surface area contributed by atoms with Gasteiger partial charge in [0, 0.05) is 0 Å². The number of hydrogen-bond donors (Lipinski definition) is 4. The molecule has 1 aliphatic carbocycles. The van der Waals surface area contributed by atoms with Crippen LogP contribution in [0.4, 0.5) is 0 Å². The van der Waals surface area contributed by atoms with E-state index < -0.39 is 40.1 Å². The van der Waals surface area contributed by atoms with E-state index in [9.17, 15) is 19.8 Å². The molecular formula is C29H40N2O4. The lowest BCUT2D eigenvalue weighted by atomic mass is 9.74. The van der Waals surface area contributed by atoms with Gasteiger partial charge in [0.15, 0.2) is 0 Å². The van der Waals surface area contributed by atoms with E-state index >= 15 is 0 Å². The normalized spacial score (nSPS) is 16.8. The van der Waals surface area contributed by atoms with Gasteiger partial charge in [-0.2, -0.15) is 0 Å². The van der Waals surface area contributed by atoms with Crippen molar-refractivity contribution in [3.8, 4) is 11.1 Å². The molecule has 4 N–H and O–H groups in total. The minimum absolute atomic E-state index is 0.208. The first-order valence-corrected chi connectivity index (χ1v) is 12.3. The van der Waals surface area contributed by atoms with Crippen LogP contribution in [0.3, 0.4) is 0 Å². The maximum Gasteiger partial charge on any atom is 0.236 e. The Morgan fingerprint density at radius 2 is 1.09 bits per heavy atom. The van der Waals surface area contributed by atoms with Crippen LogP contribution < -0.4 is 10.6 Å². The van der Waals surface area contributed by atoms with Crippen molar-refractivity contribution in [1.82, 2.24) is 10.6 Å². The van der Waals surface area contributed by atoms with Gasteiger partial charge in [0.25, 0.3) is 0 Å². The van der Waals surface area contributed by atoms with Crippen molar-refractivity contribution in [3.63, 3.8) is 0 Å². The Balaban J connectivity index is 2.17. The van der Waals surface area contributed by atoms with Gasteiger partial charge in [-0.15, -0.1) is 0 Å². The van der Waals surface area contributed by atoms with Crippen LogP contribution in [0.1, 0.15) is 52.7 Å². The lowest BCUT2D eigenvalue weighted by molar-refractivity contribution is -0.146. The zero-order valence-electron chi connectivity index (χ0n) is 21.8. The average molecular weight is 481 g/mol. The smallest absolute Gasteiger partial charge is 0.236 e. The van der Waals surface area contributed by atoms with Crippen molar-refractivity contribution in [2.24, 2.45) is 16.2 Å². The minimum Gasteiger partial charge on any atom is -0.394 e. The molecule has 0 bridgehead atoms. The Labute approximate surface area is 209 Å². The van der Waals surface area contributed by atoms with Crippen LogP contribution in [0.25, 0.3) is 11.1 Å². The lowest BCUT2D eigenvalue weighted by Gasteiger charge is -2.38. The minimum atomic E-state index is -1.46. The molecule has 2 unspecified atom stereocenters. The van der Waals surface area contributed by atoms with Crippen molar-refractivity contribution < 1.29 is 19.8 Å². The molecular weight excluding hydrogens is 440 g/mol. The SMILES string of the molecule is CC(C)(C)C(CO)NC(=O)C1(C(=O)NC(CO)C(C)(C)C)Cc2ccccc2-c2ccccc2C1. The summed E-state index contributed by atoms with van der Waals surface area (Å²) in [6.45, 7) is 11.2. The summed E-state index contributed by atoms with van der Waals surface area (Å²) in [6.07, 6.45) is 0.417. The topological polar surface area (TPSA) is 98.7 Å². The highest BCUT2D eigenvalue weighted by molar-refractivity contribution is 6.06. The number of amides is 2. The summed E-state index contributed by atoms with van der Waals surface area (Å²) < 4.78 is 0.